The summed E-state index contributed by atoms with van der Waals surface area (Å²) in [5, 5.41) is 3.39. The van der Waals surface area contributed by atoms with E-state index in [0.717, 1.165) is 11.4 Å². The minimum absolute atomic E-state index is 0.125. The molecule has 6 nitrogen and oxygen atoms in total. The quantitative estimate of drug-likeness (QED) is 0.568. The second kappa shape index (κ2) is 8.73. The molecule has 3 rings (SSSR count). The fourth-order valence-electron chi connectivity index (χ4n) is 3.16. The van der Waals surface area contributed by atoms with Gasteiger partial charge in [0.1, 0.15) is 0 Å². The average molecular weight is 394 g/mol. The van der Waals surface area contributed by atoms with Crippen molar-refractivity contribution in [3.8, 4) is 22.9 Å². The van der Waals surface area contributed by atoms with Crippen LogP contribution in [-0.4, -0.2) is 37.7 Å². The van der Waals surface area contributed by atoms with Crippen molar-refractivity contribution in [2.45, 2.75) is 19.9 Å². The van der Waals surface area contributed by atoms with Gasteiger partial charge < -0.3 is 24.1 Å². The highest BCUT2D eigenvalue weighted by atomic mass is 16.5. The Hall–Kier alpha value is -3.41. The van der Waals surface area contributed by atoms with Crippen LogP contribution in [0.5, 0.6) is 17.2 Å². The summed E-state index contributed by atoms with van der Waals surface area (Å²) in [6.45, 7) is 4.19. The van der Waals surface area contributed by atoms with E-state index in [1.807, 2.05) is 41.2 Å². The van der Waals surface area contributed by atoms with Crippen LogP contribution in [0.2, 0.25) is 0 Å². The van der Waals surface area contributed by atoms with Gasteiger partial charge in [0.25, 0.3) is 0 Å². The molecule has 3 aromatic rings. The van der Waals surface area contributed by atoms with Gasteiger partial charge in [0, 0.05) is 40.9 Å². The normalized spacial score (nSPS) is 10.7. The van der Waals surface area contributed by atoms with Gasteiger partial charge in [-0.2, -0.15) is 0 Å². The van der Waals surface area contributed by atoms with Crippen LogP contribution < -0.4 is 19.5 Å². The SMILES string of the molecule is COc1cc(C(=O)c2ccn(-c3cccc(NC(C)C)c3)c2)cc(OC)c1OC. The summed E-state index contributed by atoms with van der Waals surface area (Å²) < 4.78 is 18.0. The van der Waals surface area contributed by atoms with Gasteiger partial charge in [-0.1, -0.05) is 6.07 Å². The Morgan fingerprint density at radius 2 is 1.62 bits per heavy atom. The smallest absolute Gasteiger partial charge is 0.203 e. The number of rotatable bonds is 8. The van der Waals surface area contributed by atoms with Crippen LogP contribution in [0.3, 0.4) is 0 Å². The maximum Gasteiger partial charge on any atom is 0.203 e. The monoisotopic (exact) mass is 394 g/mol. The largest absolute Gasteiger partial charge is 0.493 e. The van der Waals surface area contributed by atoms with Crippen molar-refractivity contribution in [2.24, 2.45) is 0 Å². The Morgan fingerprint density at radius 1 is 0.931 bits per heavy atom. The number of nitrogens with one attached hydrogen (secondary N) is 1. The van der Waals surface area contributed by atoms with Crippen molar-refractivity contribution in [3.05, 3.63) is 66.0 Å². The van der Waals surface area contributed by atoms with Gasteiger partial charge >= 0.3 is 0 Å². The Morgan fingerprint density at radius 3 is 2.21 bits per heavy atom. The molecule has 152 valence electrons. The van der Waals surface area contributed by atoms with Gasteiger partial charge in [-0.3, -0.25) is 4.79 Å². The molecule has 6 heteroatoms. The first-order valence-corrected chi connectivity index (χ1v) is 9.36. The van der Waals surface area contributed by atoms with E-state index in [1.54, 1.807) is 18.2 Å². The van der Waals surface area contributed by atoms with E-state index in [0.29, 0.717) is 34.4 Å². The number of anilines is 1. The minimum Gasteiger partial charge on any atom is -0.493 e. The molecule has 0 saturated carbocycles. The molecule has 0 radical (unpaired) electrons. The zero-order valence-corrected chi connectivity index (χ0v) is 17.4. The Balaban J connectivity index is 1.92. The van der Waals surface area contributed by atoms with E-state index < -0.39 is 0 Å². The highest BCUT2D eigenvalue weighted by Gasteiger charge is 2.19. The van der Waals surface area contributed by atoms with Gasteiger partial charge in [0.05, 0.1) is 21.3 Å². The first-order chi connectivity index (χ1) is 14.0. The van der Waals surface area contributed by atoms with Gasteiger partial charge in [0.2, 0.25) is 5.75 Å². The Labute approximate surface area is 171 Å². The molecule has 0 atom stereocenters. The van der Waals surface area contributed by atoms with Crippen molar-refractivity contribution in [2.75, 3.05) is 26.6 Å². The number of nitrogens with zero attached hydrogens (tertiary/aromatic N) is 1. The second-order valence-corrected chi connectivity index (χ2v) is 6.90. The highest BCUT2D eigenvalue weighted by Crippen LogP contribution is 2.38. The fourth-order valence-corrected chi connectivity index (χ4v) is 3.16. The molecule has 0 fully saturated rings. The number of aromatic nitrogens is 1. The molecule has 0 bridgehead atoms. The molecule has 2 aromatic carbocycles. The third kappa shape index (κ3) is 4.37. The average Bonchev–Trinajstić information content (AvgIpc) is 3.22. The fraction of sp³-hybridized carbons (Fsp3) is 0.261. The molecule has 0 unspecified atom stereocenters. The molecular formula is C23H26N2O4. The van der Waals surface area contributed by atoms with E-state index in [9.17, 15) is 4.79 Å². The molecule has 1 heterocycles. The molecule has 0 aliphatic heterocycles. The number of benzene rings is 2. The molecule has 0 aliphatic rings. The van der Waals surface area contributed by atoms with Crippen molar-refractivity contribution in [1.29, 1.82) is 0 Å². The predicted octanol–water partition coefficient (Wildman–Crippen LogP) is 4.55. The lowest BCUT2D eigenvalue weighted by Crippen LogP contribution is -2.09. The van der Waals surface area contributed by atoms with Crippen molar-refractivity contribution in [1.82, 2.24) is 4.57 Å². The topological polar surface area (TPSA) is 61.7 Å². The van der Waals surface area contributed by atoms with E-state index in [2.05, 4.69) is 19.2 Å². The number of ether oxygens (including phenoxy) is 3. The second-order valence-electron chi connectivity index (χ2n) is 6.90. The molecule has 1 N–H and O–H groups in total. The van der Waals surface area contributed by atoms with Crippen molar-refractivity contribution < 1.29 is 19.0 Å². The third-order valence-electron chi connectivity index (χ3n) is 4.48. The molecule has 0 spiro atoms. The summed E-state index contributed by atoms with van der Waals surface area (Å²) >= 11 is 0. The summed E-state index contributed by atoms with van der Waals surface area (Å²) in [7, 11) is 4.59. The third-order valence-corrected chi connectivity index (χ3v) is 4.48. The molecule has 1 aromatic heterocycles. The lowest BCUT2D eigenvalue weighted by molar-refractivity contribution is 0.103. The van der Waals surface area contributed by atoms with Crippen LogP contribution in [0.1, 0.15) is 29.8 Å². The predicted molar refractivity (Wildman–Crippen MR) is 114 cm³/mol. The van der Waals surface area contributed by atoms with E-state index in [1.165, 1.54) is 21.3 Å². The van der Waals surface area contributed by atoms with Crippen LogP contribution in [0, 0.1) is 0 Å². The molecule has 0 saturated heterocycles. The lowest BCUT2D eigenvalue weighted by Gasteiger charge is -2.13. The Bertz CT molecular complexity index is 983. The Kier molecular flexibility index (Phi) is 6.12. The van der Waals surface area contributed by atoms with Crippen molar-refractivity contribution >= 4 is 11.5 Å². The molecule has 0 aliphatic carbocycles. The van der Waals surface area contributed by atoms with Crippen LogP contribution in [-0.2, 0) is 0 Å². The lowest BCUT2D eigenvalue weighted by atomic mass is 10.0. The summed E-state index contributed by atoms with van der Waals surface area (Å²) in [6.07, 6.45) is 3.69. The highest BCUT2D eigenvalue weighted by molar-refractivity contribution is 6.09. The number of methoxy groups -OCH3 is 3. The molecule has 29 heavy (non-hydrogen) atoms. The van der Waals surface area contributed by atoms with E-state index >= 15 is 0 Å². The minimum atomic E-state index is -0.125. The zero-order valence-electron chi connectivity index (χ0n) is 17.4. The number of ketones is 1. The van der Waals surface area contributed by atoms with Crippen LogP contribution in [0.25, 0.3) is 5.69 Å². The van der Waals surface area contributed by atoms with Gasteiger partial charge in [-0.25, -0.2) is 0 Å². The standard InChI is InChI=1S/C23H26N2O4/c1-15(2)24-18-7-6-8-19(13-18)25-10-9-16(14-25)22(26)17-11-20(27-3)23(29-5)21(12-17)28-4/h6-15,24H,1-5H3. The summed E-state index contributed by atoms with van der Waals surface area (Å²) in [5.74, 6) is 1.22. The number of hydrogen-bond donors (Lipinski definition) is 1. The van der Waals surface area contributed by atoms with Crippen LogP contribution >= 0.6 is 0 Å². The number of carbonyl (C=O) groups is 1. The maximum absolute atomic E-state index is 13.1. The zero-order chi connectivity index (χ0) is 21.0. The van der Waals surface area contributed by atoms with Crippen molar-refractivity contribution in [3.63, 3.8) is 0 Å². The first kappa shape index (κ1) is 20.3. The number of hydrogen-bond acceptors (Lipinski definition) is 5. The maximum atomic E-state index is 13.1. The summed E-state index contributed by atoms with van der Waals surface area (Å²) in [5.41, 5.74) is 3.04. The first-order valence-electron chi connectivity index (χ1n) is 9.36. The summed E-state index contributed by atoms with van der Waals surface area (Å²) in [6, 6.07) is 13.5. The van der Waals surface area contributed by atoms with Gasteiger partial charge in [-0.05, 0) is 50.2 Å². The van der Waals surface area contributed by atoms with Gasteiger partial charge in [0.15, 0.2) is 17.3 Å². The van der Waals surface area contributed by atoms with E-state index in [-0.39, 0.29) is 5.78 Å². The number of carbonyl (C=O) groups excluding carboxylic acids is 1. The molecule has 0 amide bonds. The van der Waals surface area contributed by atoms with Crippen LogP contribution in [0.15, 0.2) is 54.9 Å². The molecular weight excluding hydrogens is 368 g/mol. The van der Waals surface area contributed by atoms with E-state index in [4.69, 9.17) is 14.2 Å². The summed E-state index contributed by atoms with van der Waals surface area (Å²) in [4.78, 5) is 13.1. The van der Waals surface area contributed by atoms with Crippen LogP contribution in [0.4, 0.5) is 5.69 Å². The van der Waals surface area contributed by atoms with Gasteiger partial charge in [-0.15, -0.1) is 0 Å².